The van der Waals surface area contributed by atoms with E-state index in [-0.39, 0.29) is 5.28 Å². The number of nitrogens with zero attached hydrogens (tertiary/aromatic N) is 4. The zero-order valence-electron chi connectivity index (χ0n) is 11.6. The zero-order valence-corrected chi connectivity index (χ0v) is 12.4. The first-order chi connectivity index (χ1) is 9.79. The normalized spacial score (nSPS) is 15.4. The summed E-state index contributed by atoms with van der Waals surface area (Å²) in [6, 6.07) is 0. The minimum absolute atomic E-state index is 0.203. The predicted molar refractivity (Wildman–Crippen MR) is 77.5 cm³/mol. The Morgan fingerprint density at radius 1 is 1.30 bits per heavy atom. The Bertz CT molecular complexity index is 415. The van der Waals surface area contributed by atoms with Crippen LogP contribution in [0, 0.1) is 0 Å². The Labute approximate surface area is 123 Å². The van der Waals surface area contributed by atoms with Crippen LogP contribution in [0.3, 0.4) is 0 Å². The van der Waals surface area contributed by atoms with E-state index in [1.165, 1.54) is 0 Å². The van der Waals surface area contributed by atoms with Crippen LogP contribution in [0.4, 0.5) is 11.9 Å². The molecule has 2 rings (SSSR count). The molecule has 0 spiro atoms. The van der Waals surface area contributed by atoms with Gasteiger partial charge in [0, 0.05) is 32.8 Å². The quantitative estimate of drug-likeness (QED) is 0.759. The van der Waals surface area contributed by atoms with Crippen LogP contribution < -0.4 is 10.2 Å². The number of halogens is 1. The summed E-state index contributed by atoms with van der Waals surface area (Å²) < 4.78 is 10.6. The summed E-state index contributed by atoms with van der Waals surface area (Å²) >= 11 is 5.95. The van der Waals surface area contributed by atoms with Crippen molar-refractivity contribution in [2.45, 2.75) is 13.3 Å². The molecular weight excluding hydrogens is 282 g/mol. The lowest BCUT2D eigenvalue weighted by molar-refractivity contribution is 0.122. The monoisotopic (exact) mass is 301 g/mol. The maximum absolute atomic E-state index is 5.95. The summed E-state index contributed by atoms with van der Waals surface area (Å²) in [5, 5.41) is 3.34. The second-order valence-electron chi connectivity index (χ2n) is 4.30. The molecule has 1 aliphatic heterocycles. The Hall–Kier alpha value is -1.18. The summed E-state index contributed by atoms with van der Waals surface area (Å²) in [7, 11) is 0. The van der Waals surface area contributed by atoms with E-state index >= 15 is 0 Å². The summed E-state index contributed by atoms with van der Waals surface area (Å²) in [6.45, 7) is 7.07. The van der Waals surface area contributed by atoms with Gasteiger partial charge >= 0.3 is 0 Å². The highest BCUT2D eigenvalue weighted by Gasteiger charge is 2.15. The van der Waals surface area contributed by atoms with Crippen LogP contribution in [0.15, 0.2) is 0 Å². The van der Waals surface area contributed by atoms with E-state index in [0.29, 0.717) is 25.1 Å². The molecule has 0 aliphatic carbocycles. The lowest BCUT2D eigenvalue weighted by Gasteiger charge is -2.26. The van der Waals surface area contributed by atoms with Crippen LogP contribution in [0.2, 0.25) is 5.28 Å². The molecule has 112 valence electrons. The van der Waals surface area contributed by atoms with Gasteiger partial charge in [-0.25, -0.2) is 0 Å². The molecule has 1 aliphatic rings. The molecule has 7 nitrogen and oxygen atoms in total. The maximum atomic E-state index is 5.95. The van der Waals surface area contributed by atoms with E-state index in [2.05, 4.69) is 20.3 Å². The highest BCUT2D eigenvalue weighted by molar-refractivity contribution is 6.28. The Morgan fingerprint density at radius 2 is 2.10 bits per heavy atom. The fraction of sp³-hybridized carbons (Fsp3) is 0.750. The molecule has 1 saturated heterocycles. The Kier molecular flexibility index (Phi) is 6.23. The molecule has 8 heteroatoms. The van der Waals surface area contributed by atoms with Gasteiger partial charge in [0.05, 0.1) is 13.2 Å². The molecule has 0 atom stereocenters. The molecule has 20 heavy (non-hydrogen) atoms. The van der Waals surface area contributed by atoms with Crippen LogP contribution in [-0.2, 0) is 9.47 Å². The minimum atomic E-state index is 0.203. The third-order valence-electron chi connectivity index (χ3n) is 2.84. The largest absolute Gasteiger partial charge is 0.382 e. The van der Waals surface area contributed by atoms with Gasteiger partial charge in [0.25, 0.3) is 0 Å². The van der Waals surface area contributed by atoms with E-state index in [1.807, 2.05) is 11.8 Å². The van der Waals surface area contributed by atoms with Crippen LogP contribution in [0.25, 0.3) is 0 Å². The van der Waals surface area contributed by atoms with Gasteiger partial charge < -0.3 is 19.7 Å². The standard InChI is InChI=1S/C12H20ClN5O2/c1-2-19-7-3-4-14-11-15-10(13)16-12(17-11)18-5-8-20-9-6-18/h2-9H2,1H3,(H,14,15,16,17). The summed E-state index contributed by atoms with van der Waals surface area (Å²) in [5.74, 6) is 1.10. The molecule has 0 amide bonds. The van der Waals surface area contributed by atoms with Crippen LogP contribution in [0.1, 0.15) is 13.3 Å². The van der Waals surface area contributed by atoms with Crippen LogP contribution in [0.5, 0.6) is 0 Å². The van der Waals surface area contributed by atoms with Gasteiger partial charge in [-0.2, -0.15) is 15.0 Å². The van der Waals surface area contributed by atoms with E-state index in [4.69, 9.17) is 21.1 Å². The Morgan fingerprint density at radius 3 is 2.85 bits per heavy atom. The number of hydrogen-bond donors (Lipinski definition) is 1. The van der Waals surface area contributed by atoms with E-state index in [9.17, 15) is 0 Å². The molecule has 0 radical (unpaired) electrons. The highest BCUT2D eigenvalue weighted by Crippen LogP contribution is 2.14. The van der Waals surface area contributed by atoms with Gasteiger partial charge in [-0.1, -0.05) is 0 Å². The van der Waals surface area contributed by atoms with Gasteiger partial charge in [0.1, 0.15) is 0 Å². The third kappa shape index (κ3) is 4.73. The van der Waals surface area contributed by atoms with Crippen molar-refractivity contribution in [1.29, 1.82) is 0 Å². The number of aromatic nitrogens is 3. The number of ether oxygens (including phenoxy) is 2. The molecule has 1 fully saturated rings. The molecule has 1 aromatic heterocycles. The van der Waals surface area contributed by atoms with Gasteiger partial charge in [0.2, 0.25) is 17.2 Å². The zero-order chi connectivity index (χ0) is 14.2. The number of morpholine rings is 1. The molecule has 0 bridgehead atoms. The molecular formula is C12H20ClN5O2. The van der Waals surface area contributed by atoms with Crippen molar-refractivity contribution in [2.75, 3.05) is 56.3 Å². The number of nitrogens with one attached hydrogen (secondary N) is 1. The third-order valence-corrected chi connectivity index (χ3v) is 3.01. The number of anilines is 2. The first-order valence-corrected chi connectivity index (χ1v) is 7.23. The second-order valence-corrected chi connectivity index (χ2v) is 4.64. The smallest absolute Gasteiger partial charge is 0.231 e. The van der Waals surface area contributed by atoms with E-state index in [1.54, 1.807) is 0 Å². The molecule has 0 saturated carbocycles. The van der Waals surface area contributed by atoms with Crippen molar-refractivity contribution in [3.05, 3.63) is 5.28 Å². The van der Waals surface area contributed by atoms with E-state index in [0.717, 1.165) is 39.3 Å². The molecule has 1 N–H and O–H groups in total. The van der Waals surface area contributed by atoms with Crippen molar-refractivity contribution in [2.24, 2.45) is 0 Å². The van der Waals surface area contributed by atoms with Crippen LogP contribution >= 0.6 is 11.6 Å². The minimum Gasteiger partial charge on any atom is -0.382 e. The molecule has 0 aromatic carbocycles. The molecule has 0 unspecified atom stereocenters. The first kappa shape index (κ1) is 15.2. The average molecular weight is 302 g/mol. The predicted octanol–water partition coefficient (Wildman–Crippen LogP) is 1.20. The fourth-order valence-corrected chi connectivity index (χ4v) is 2.00. The highest BCUT2D eigenvalue weighted by atomic mass is 35.5. The fourth-order valence-electron chi connectivity index (χ4n) is 1.84. The first-order valence-electron chi connectivity index (χ1n) is 6.85. The van der Waals surface area contributed by atoms with Gasteiger partial charge in [0.15, 0.2) is 0 Å². The van der Waals surface area contributed by atoms with Gasteiger partial charge in [-0.15, -0.1) is 0 Å². The summed E-state index contributed by atoms with van der Waals surface area (Å²) in [6.07, 6.45) is 0.893. The number of hydrogen-bond acceptors (Lipinski definition) is 7. The maximum Gasteiger partial charge on any atom is 0.231 e. The number of rotatable bonds is 7. The van der Waals surface area contributed by atoms with Crippen molar-refractivity contribution >= 4 is 23.5 Å². The summed E-state index contributed by atoms with van der Waals surface area (Å²) in [4.78, 5) is 14.7. The second kappa shape index (κ2) is 8.18. The average Bonchev–Trinajstić information content (AvgIpc) is 2.47. The lowest BCUT2D eigenvalue weighted by Crippen LogP contribution is -2.37. The van der Waals surface area contributed by atoms with Crippen molar-refractivity contribution in [3.63, 3.8) is 0 Å². The topological polar surface area (TPSA) is 72.4 Å². The van der Waals surface area contributed by atoms with Gasteiger partial charge in [-0.05, 0) is 24.9 Å². The van der Waals surface area contributed by atoms with E-state index < -0.39 is 0 Å². The summed E-state index contributed by atoms with van der Waals surface area (Å²) in [5.41, 5.74) is 0. The Balaban J connectivity index is 1.90. The lowest BCUT2D eigenvalue weighted by atomic mass is 10.4. The van der Waals surface area contributed by atoms with Crippen molar-refractivity contribution in [3.8, 4) is 0 Å². The van der Waals surface area contributed by atoms with Gasteiger partial charge in [-0.3, -0.25) is 0 Å². The molecule has 1 aromatic rings. The molecule has 2 heterocycles. The van der Waals surface area contributed by atoms with Crippen molar-refractivity contribution < 1.29 is 9.47 Å². The van der Waals surface area contributed by atoms with Crippen molar-refractivity contribution in [1.82, 2.24) is 15.0 Å². The van der Waals surface area contributed by atoms with Crippen LogP contribution in [-0.4, -0.2) is 61.0 Å². The SMILES string of the molecule is CCOCCCNc1nc(Cl)nc(N2CCOCC2)n1.